The molecule has 0 unspecified atom stereocenters. The van der Waals surface area contributed by atoms with Crippen molar-refractivity contribution in [2.75, 3.05) is 39.8 Å². The molecule has 3 rings (SSSR count). The maximum atomic E-state index is 12.4. The molecule has 1 aliphatic heterocycles. The summed E-state index contributed by atoms with van der Waals surface area (Å²) in [7, 11) is 1.63. The van der Waals surface area contributed by atoms with Gasteiger partial charge >= 0.3 is 0 Å². The third-order valence-corrected chi connectivity index (χ3v) is 4.81. The van der Waals surface area contributed by atoms with E-state index in [1.807, 2.05) is 36.1 Å². The van der Waals surface area contributed by atoms with Gasteiger partial charge in [0.15, 0.2) is 11.7 Å². The highest BCUT2D eigenvalue weighted by molar-refractivity contribution is 5.78. The van der Waals surface area contributed by atoms with Gasteiger partial charge in [0.2, 0.25) is 11.8 Å². The van der Waals surface area contributed by atoms with Crippen LogP contribution in [0.1, 0.15) is 17.9 Å². The molecule has 1 saturated heterocycles. The maximum Gasteiger partial charge on any atom is 0.233 e. The van der Waals surface area contributed by atoms with Crippen LogP contribution in [0.25, 0.3) is 11.3 Å². The molecule has 1 fully saturated rings. The van der Waals surface area contributed by atoms with Crippen molar-refractivity contribution in [3.05, 3.63) is 41.9 Å². The molecule has 1 N–H and O–H groups in total. The fourth-order valence-electron chi connectivity index (χ4n) is 3.09. The standard InChI is InChI=1S/C20H26N4O3/c1-15-3-5-16(6-4-15)17-13-22-19(27-17)7-8-20(26)24-11-9-23(10-12-24)14-18(25)21-2/h3-6,13H,7-12,14H2,1-2H3,(H,21,25). The average Bonchev–Trinajstić information content (AvgIpc) is 3.16. The van der Waals surface area contributed by atoms with Crippen LogP contribution in [0.3, 0.4) is 0 Å². The summed E-state index contributed by atoms with van der Waals surface area (Å²) >= 11 is 0. The van der Waals surface area contributed by atoms with Crippen molar-refractivity contribution in [3.63, 3.8) is 0 Å². The average molecular weight is 370 g/mol. The number of nitrogens with one attached hydrogen (secondary N) is 1. The minimum atomic E-state index is 0.00283. The van der Waals surface area contributed by atoms with Crippen LogP contribution in [0.15, 0.2) is 34.9 Å². The summed E-state index contributed by atoms with van der Waals surface area (Å²) in [5.41, 5.74) is 2.18. The number of carbonyl (C=O) groups is 2. The van der Waals surface area contributed by atoms with Crippen molar-refractivity contribution >= 4 is 11.8 Å². The molecule has 1 aromatic carbocycles. The van der Waals surface area contributed by atoms with E-state index in [0.717, 1.165) is 24.4 Å². The van der Waals surface area contributed by atoms with Crippen LogP contribution in [0, 0.1) is 6.92 Å². The first-order valence-electron chi connectivity index (χ1n) is 9.27. The lowest BCUT2D eigenvalue weighted by molar-refractivity contribution is -0.133. The summed E-state index contributed by atoms with van der Waals surface area (Å²) in [6.45, 7) is 5.16. The second kappa shape index (κ2) is 8.81. The molecular weight excluding hydrogens is 344 g/mol. The van der Waals surface area contributed by atoms with Crippen LogP contribution in [0.4, 0.5) is 0 Å². The van der Waals surface area contributed by atoms with Crippen LogP contribution in [0.2, 0.25) is 0 Å². The van der Waals surface area contributed by atoms with Crippen molar-refractivity contribution in [2.45, 2.75) is 19.8 Å². The molecule has 1 aliphatic rings. The van der Waals surface area contributed by atoms with E-state index >= 15 is 0 Å². The first-order valence-corrected chi connectivity index (χ1v) is 9.27. The number of nitrogens with zero attached hydrogens (tertiary/aromatic N) is 3. The number of hydrogen-bond donors (Lipinski definition) is 1. The molecule has 7 heteroatoms. The number of oxazole rings is 1. The molecule has 144 valence electrons. The minimum absolute atomic E-state index is 0.00283. The van der Waals surface area contributed by atoms with Crippen molar-refractivity contribution in [2.24, 2.45) is 0 Å². The third kappa shape index (κ3) is 5.17. The van der Waals surface area contributed by atoms with E-state index in [1.165, 1.54) is 5.56 Å². The van der Waals surface area contributed by atoms with E-state index in [4.69, 9.17) is 4.42 Å². The molecule has 2 amide bonds. The van der Waals surface area contributed by atoms with Crippen molar-refractivity contribution in [3.8, 4) is 11.3 Å². The first kappa shape index (κ1) is 19.1. The Hall–Kier alpha value is -2.67. The van der Waals surface area contributed by atoms with Gasteiger partial charge in [0.05, 0.1) is 12.7 Å². The van der Waals surface area contributed by atoms with Crippen LogP contribution < -0.4 is 5.32 Å². The molecule has 1 aromatic heterocycles. The Bertz CT molecular complexity index is 777. The smallest absolute Gasteiger partial charge is 0.233 e. The van der Waals surface area contributed by atoms with Gasteiger partial charge in [0.25, 0.3) is 0 Å². The van der Waals surface area contributed by atoms with Gasteiger partial charge in [-0.1, -0.05) is 29.8 Å². The Morgan fingerprint density at radius 2 is 1.85 bits per heavy atom. The number of benzene rings is 1. The number of piperazine rings is 1. The number of aromatic nitrogens is 1. The molecule has 27 heavy (non-hydrogen) atoms. The Morgan fingerprint density at radius 3 is 2.52 bits per heavy atom. The monoisotopic (exact) mass is 370 g/mol. The van der Waals surface area contributed by atoms with Gasteiger partial charge in [0.1, 0.15) is 0 Å². The van der Waals surface area contributed by atoms with Crippen molar-refractivity contribution < 1.29 is 14.0 Å². The van der Waals surface area contributed by atoms with E-state index in [0.29, 0.717) is 38.4 Å². The van der Waals surface area contributed by atoms with Gasteiger partial charge in [-0.15, -0.1) is 0 Å². The maximum absolute atomic E-state index is 12.4. The largest absolute Gasteiger partial charge is 0.441 e. The lowest BCUT2D eigenvalue weighted by atomic mass is 10.1. The Labute approximate surface area is 159 Å². The highest BCUT2D eigenvalue weighted by Crippen LogP contribution is 2.21. The molecule has 2 heterocycles. The lowest BCUT2D eigenvalue weighted by Crippen LogP contribution is -2.50. The highest BCUT2D eigenvalue weighted by atomic mass is 16.4. The summed E-state index contributed by atoms with van der Waals surface area (Å²) in [6.07, 6.45) is 2.58. The second-order valence-electron chi connectivity index (χ2n) is 6.81. The SMILES string of the molecule is CNC(=O)CN1CCN(C(=O)CCc2ncc(-c3ccc(C)cc3)o2)CC1. The zero-order chi connectivity index (χ0) is 19.2. The Balaban J connectivity index is 1.46. The van der Waals surface area contributed by atoms with E-state index < -0.39 is 0 Å². The summed E-state index contributed by atoms with van der Waals surface area (Å²) in [5, 5.41) is 2.62. The topological polar surface area (TPSA) is 78.7 Å². The molecule has 0 atom stereocenters. The normalized spacial score (nSPS) is 15.0. The Kier molecular flexibility index (Phi) is 6.24. The first-order chi connectivity index (χ1) is 13.0. The predicted octanol–water partition coefficient (Wildman–Crippen LogP) is 1.47. The fourth-order valence-corrected chi connectivity index (χ4v) is 3.09. The lowest BCUT2D eigenvalue weighted by Gasteiger charge is -2.34. The zero-order valence-electron chi connectivity index (χ0n) is 15.9. The van der Waals surface area contributed by atoms with Gasteiger partial charge in [-0.25, -0.2) is 4.98 Å². The second-order valence-corrected chi connectivity index (χ2v) is 6.81. The molecular formula is C20H26N4O3. The highest BCUT2D eigenvalue weighted by Gasteiger charge is 2.22. The van der Waals surface area contributed by atoms with Gasteiger partial charge in [0, 0.05) is 51.6 Å². The number of aryl methyl sites for hydroxylation is 2. The van der Waals surface area contributed by atoms with Gasteiger partial charge < -0.3 is 14.6 Å². The molecule has 0 radical (unpaired) electrons. The Morgan fingerprint density at radius 1 is 1.15 bits per heavy atom. The molecule has 0 aliphatic carbocycles. The van der Waals surface area contributed by atoms with Crippen LogP contribution in [-0.2, 0) is 16.0 Å². The van der Waals surface area contributed by atoms with E-state index in [9.17, 15) is 9.59 Å². The number of rotatable bonds is 6. The molecule has 7 nitrogen and oxygen atoms in total. The number of hydrogen-bond acceptors (Lipinski definition) is 5. The minimum Gasteiger partial charge on any atom is -0.441 e. The summed E-state index contributed by atoms with van der Waals surface area (Å²) < 4.78 is 5.79. The summed E-state index contributed by atoms with van der Waals surface area (Å²) in [4.78, 5) is 32.1. The van der Waals surface area contributed by atoms with Gasteiger partial charge in [-0.3, -0.25) is 14.5 Å². The summed E-state index contributed by atoms with van der Waals surface area (Å²) in [6, 6.07) is 8.07. The predicted molar refractivity (Wildman–Crippen MR) is 102 cm³/mol. The van der Waals surface area contributed by atoms with Crippen molar-refractivity contribution in [1.82, 2.24) is 20.1 Å². The van der Waals surface area contributed by atoms with E-state index in [1.54, 1.807) is 13.2 Å². The number of carbonyl (C=O) groups excluding carboxylic acids is 2. The van der Waals surface area contributed by atoms with Gasteiger partial charge in [-0.2, -0.15) is 0 Å². The third-order valence-electron chi connectivity index (χ3n) is 4.81. The fraction of sp³-hybridized carbons (Fsp3) is 0.450. The molecule has 0 spiro atoms. The molecule has 2 aromatic rings. The molecule has 0 bridgehead atoms. The van der Waals surface area contributed by atoms with Crippen LogP contribution in [0.5, 0.6) is 0 Å². The van der Waals surface area contributed by atoms with Crippen LogP contribution >= 0.6 is 0 Å². The van der Waals surface area contributed by atoms with Gasteiger partial charge in [-0.05, 0) is 6.92 Å². The zero-order valence-corrected chi connectivity index (χ0v) is 15.9. The van der Waals surface area contributed by atoms with Crippen LogP contribution in [-0.4, -0.2) is 66.4 Å². The van der Waals surface area contributed by atoms with E-state index in [-0.39, 0.29) is 11.8 Å². The number of amides is 2. The van der Waals surface area contributed by atoms with Crippen molar-refractivity contribution in [1.29, 1.82) is 0 Å². The molecule has 0 saturated carbocycles. The van der Waals surface area contributed by atoms with E-state index in [2.05, 4.69) is 15.2 Å². The number of likely N-dealkylation sites (N-methyl/N-ethyl adjacent to an activating group) is 1. The quantitative estimate of drug-likeness (QED) is 0.833. The summed E-state index contributed by atoms with van der Waals surface area (Å²) in [5.74, 6) is 1.41.